The van der Waals surface area contributed by atoms with E-state index >= 15 is 0 Å². The molecule has 104 valence electrons. The van der Waals surface area contributed by atoms with Gasteiger partial charge in [-0.3, -0.25) is 0 Å². The van der Waals surface area contributed by atoms with Gasteiger partial charge in [0, 0.05) is 23.3 Å². The van der Waals surface area contributed by atoms with Crippen LogP contribution in [-0.2, 0) is 16.0 Å². The van der Waals surface area contributed by atoms with E-state index in [0.717, 1.165) is 15.4 Å². The van der Waals surface area contributed by atoms with E-state index in [0.29, 0.717) is 6.42 Å². The van der Waals surface area contributed by atoms with Crippen molar-refractivity contribution in [3.8, 4) is 0 Å². The van der Waals surface area contributed by atoms with Crippen LogP contribution >= 0.6 is 11.8 Å². The van der Waals surface area contributed by atoms with Crippen LogP contribution in [0, 0.1) is 0 Å². The van der Waals surface area contributed by atoms with E-state index in [1.54, 1.807) is 11.8 Å². The molecule has 0 saturated carbocycles. The normalized spacial score (nSPS) is 12.1. The molecule has 0 spiro atoms. The number of ether oxygens (including phenoxy) is 1. The van der Waals surface area contributed by atoms with Gasteiger partial charge in [0.25, 0.3) is 0 Å². The zero-order valence-electron chi connectivity index (χ0n) is 11.2. The fourth-order valence-electron chi connectivity index (χ4n) is 1.86. The van der Waals surface area contributed by atoms with Gasteiger partial charge in [-0.1, -0.05) is 48.2 Å². The lowest BCUT2D eigenvalue weighted by Crippen LogP contribution is -2.25. The summed E-state index contributed by atoms with van der Waals surface area (Å²) >= 11 is 1.63. The first-order valence-corrected chi connectivity index (χ1v) is 7.08. The SMILES string of the molecule is CO[C@H](Cc1ccccc1Sc1ccccc1)C(=O)O. The lowest BCUT2D eigenvalue weighted by atomic mass is 10.1. The van der Waals surface area contributed by atoms with Gasteiger partial charge >= 0.3 is 5.97 Å². The number of hydrogen-bond acceptors (Lipinski definition) is 3. The second-order valence-corrected chi connectivity index (χ2v) is 5.40. The number of aliphatic carboxylic acids is 1. The molecule has 0 aliphatic rings. The number of methoxy groups -OCH3 is 1. The molecule has 0 unspecified atom stereocenters. The van der Waals surface area contributed by atoms with Crippen molar-refractivity contribution in [3.05, 3.63) is 60.2 Å². The van der Waals surface area contributed by atoms with Crippen LogP contribution in [-0.4, -0.2) is 24.3 Å². The number of hydrogen-bond donors (Lipinski definition) is 1. The molecule has 2 aromatic carbocycles. The molecule has 0 aliphatic carbocycles. The summed E-state index contributed by atoms with van der Waals surface area (Å²) < 4.78 is 5.01. The monoisotopic (exact) mass is 288 g/mol. The Labute approximate surface area is 122 Å². The number of benzene rings is 2. The Morgan fingerprint density at radius 3 is 2.45 bits per heavy atom. The van der Waals surface area contributed by atoms with Crippen LogP contribution in [0.2, 0.25) is 0 Å². The van der Waals surface area contributed by atoms with E-state index in [-0.39, 0.29) is 0 Å². The second-order valence-electron chi connectivity index (χ2n) is 4.29. The largest absolute Gasteiger partial charge is 0.479 e. The minimum absolute atomic E-state index is 0.363. The predicted molar refractivity (Wildman–Crippen MR) is 79.1 cm³/mol. The molecule has 0 aromatic heterocycles. The topological polar surface area (TPSA) is 46.5 Å². The van der Waals surface area contributed by atoms with Gasteiger partial charge in [-0.25, -0.2) is 4.79 Å². The van der Waals surface area contributed by atoms with Crippen molar-refractivity contribution in [1.82, 2.24) is 0 Å². The molecule has 0 saturated heterocycles. The van der Waals surface area contributed by atoms with Crippen molar-refractivity contribution in [2.45, 2.75) is 22.3 Å². The van der Waals surface area contributed by atoms with Crippen LogP contribution in [0.1, 0.15) is 5.56 Å². The summed E-state index contributed by atoms with van der Waals surface area (Å²) in [5.41, 5.74) is 0.982. The van der Waals surface area contributed by atoms with Crippen LogP contribution in [0.15, 0.2) is 64.4 Å². The first-order chi connectivity index (χ1) is 9.70. The Kier molecular flexibility index (Phi) is 5.21. The van der Waals surface area contributed by atoms with Crippen LogP contribution < -0.4 is 0 Å². The summed E-state index contributed by atoms with van der Waals surface area (Å²) in [5, 5.41) is 9.08. The number of carboxylic acids is 1. The van der Waals surface area contributed by atoms with E-state index in [2.05, 4.69) is 0 Å². The van der Waals surface area contributed by atoms with E-state index in [4.69, 9.17) is 9.84 Å². The minimum atomic E-state index is -0.938. The van der Waals surface area contributed by atoms with E-state index < -0.39 is 12.1 Å². The molecule has 0 fully saturated rings. The van der Waals surface area contributed by atoms with Gasteiger partial charge < -0.3 is 9.84 Å². The lowest BCUT2D eigenvalue weighted by Gasteiger charge is -2.13. The van der Waals surface area contributed by atoms with Gasteiger partial charge in [0.1, 0.15) is 0 Å². The van der Waals surface area contributed by atoms with Crippen molar-refractivity contribution in [2.75, 3.05) is 7.11 Å². The summed E-state index contributed by atoms with van der Waals surface area (Å²) in [7, 11) is 1.42. The molecule has 3 nitrogen and oxygen atoms in total. The van der Waals surface area contributed by atoms with Crippen molar-refractivity contribution < 1.29 is 14.6 Å². The zero-order valence-corrected chi connectivity index (χ0v) is 12.0. The highest BCUT2D eigenvalue weighted by Gasteiger charge is 2.18. The zero-order chi connectivity index (χ0) is 14.4. The first-order valence-electron chi connectivity index (χ1n) is 6.27. The molecule has 2 aromatic rings. The molecular formula is C16H16O3S. The van der Waals surface area contributed by atoms with Crippen molar-refractivity contribution in [2.24, 2.45) is 0 Å². The highest BCUT2D eigenvalue weighted by molar-refractivity contribution is 7.99. The van der Waals surface area contributed by atoms with Crippen LogP contribution in [0.4, 0.5) is 0 Å². The molecule has 20 heavy (non-hydrogen) atoms. The fourth-order valence-corrected chi connectivity index (χ4v) is 2.83. The summed E-state index contributed by atoms with van der Waals surface area (Å²) in [4.78, 5) is 13.3. The molecular weight excluding hydrogens is 272 g/mol. The highest BCUT2D eigenvalue weighted by Crippen LogP contribution is 2.30. The average molecular weight is 288 g/mol. The quantitative estimate of drug-likeness (QED) is 0.884. The van der Waals surface area contributed by atoms with Crippen LogP contribution in [0.3, 0.4) is 0 Å². The van der Waals surface area contributed by atoms with Gasteiger partial charge in [-0.15, -0.1) is 0 Å². The maximum Gasteiger partial charge on any atom is 0.333 e. The molecule has 0 aliphatic heterocycles. The van der Waals surface area contributed by atoms with Gasteiger partial charge in [0.15, 0.2) is 6.10 Å². The van der Waals surface area contributed by atoms with Crippen molar-refractivity contribution in [1.29, 1.82) is 0 Å². The number of carboxylic acid groups (broad SMARTS) is 1. The van der Waals surface area contributed by atoms with Crippen LogP contribution in [0.5, 0.6) is 0 Å². The van der Waals surface area contributed by atoms with Crippen molar-refractivity contribution in [3.63, 3.8) is 0 Å². The van der Waals surface area contributed by atoms with E-state index in [1.165, 1.54) is 7.11 Å². The Bertz CT molecular complexity index is 569. The standard InChI is InChI=1S/C16H16O3S/c1-19-14(16(17)18)11-12-7-5-6-10-15(12)20-13-8-3-2-4-9-13/h2-10,14H,11H2,1H3,(H,17,18)/t14-/m1/s1. The summed E-state index contributed by atoms with van der Waals surface area (Å²) in [5.74, 6) is -0.938. The van der Waals surface area contributed by atoms with E-state index in [1.807, 2.05) is 54.6 Å². The molecule has 0 amide bonds. The molecule has 0 bridgehead atoms. The molecule has 2 rings (SSSR count). The third kappa shape index (κ3) is 3.85. The summed E-state index contributed by atoms with van der Waals surface area (Å²) in [6.45, 7) is 0. The summed E-state index contributed by atoms with van der Waals surface area (Å²) in [6, 6.07) is 17.8. The molecule has 1 atom stereocenters. The Balaban J connectivity index is 2.20. The Morgan fingerprint density at radius 2 is 1.80 bits per heavy atom. The third-order valence-electron chi connectivity index (χ3n) is 2.91. The maximum absolute atomic E-state index is 11.1. The Morgan fingerprint density at radius 1 is 1.15 bits per heavy atom. The van der Waals surface area contributed by atoms with Crippen LogP contribution in [0.25, 0.3) is 0 Å². The second kappa shape index (κ2) is 7.12. The maximum atomic E-state index is 11.1. The van der Waals surface area contributed by atoms with Gasteiger partial charge in [0.2, 0.25) is 0 Å². The predicted octanol–water partition coefficient (Wildman–Crippen LogP) is 3.48. The fraction of sp³-hybridized carbons (Fsp3) is 0.188. The molecule has 1 N–H and O–H groups in total. The Hall–Kier alpha value is -1.78. The first kappa shape index (κ1) is 14.6. The van der Waals surface area contributed by atoms with Crippen molar-refractivity contribution >= 4 is 17.7 Å². The van der Waals surface area contributed by atoms with Gasteiger partial charge in [0.05, 0.1) is 0 Å². The third-order valence-corrected chi connectivity index (χ3v) is 4.03. The lowest BCUT2D eigenvalue weighted by molar-refractivity contribution is -0.148. The molecule has 4 heteroatoms. The minimum Gasteiger partial charge on any atom is -0.479 e. The van der Waals surface area contributed by atoms with E-state index in [9.17, 15) is 4.79 Å². The van der Waals surface area contributed by atoms with Gasteiger partial charge in [-0.05, 0) is 23.8 Å². The molecule has 0 radical (unpaired) electrons. The summed E-state index contributed by atoms with van der Waals surface area (Å²) in [6.07, 6.45) is -0.450. The number of carbonyl (C=O) groups is 1. The van der Waals surface area contributed by atoms with Gasteiger partial charge in [-0.2, -0.15) is 0 Å². The molecule has 0 heterocycles. The smallest absolute Gasteiger partial charge is 0.333 e. The number of rotatable bonds is 6. The average Bonchev–Trinajstić information content (AvgIpc) is 2.47. The highest BCUT2D eigenvalue weighted by atomic mass is 32.2.